The van der Waals surface area contributed by atoms with Crippen LogP contribution in [0.25, 0.3) is 0 Å². The van der Waals surface area contributed by atoms with E-state index in [0.717, 1.165) is 27.2 Å². The van der Waals surface area contributed by atoms with Crippen LogP contribution in [0.3, 0.4) is 0 Å². The Hall–Kier alpha value is -2.64. The summed E-state index contributed by atoms with van der Waals surface area (Å²) in [5, 5.41) is 3.13. The number of methoxy groups -OCH3 is 1. The van der Waals surface area contributed by atoms with Crippen LogP contribution in [-0.2, 0) is 18.4 Å². The molecule has 0 aliphatic carbocycles. The molecule has 1 N–H and O–H groups in total. The van der Waals surface area contributed by atoms with Crippen molar-refractivity contribution in [3.05, 3.63) is 82.3 Å². The summed E-state index contributed by atoms with van der Waals surface area (Å²) >= 11 is 3.49. The van der Waals surface area contributed by atoms with Gasteiger partial charge in [-0.1, -0.05) is 46.3 Å². The Morgan fingerprint density at radius 3 is 2.69 bits per heavy atom. The third kappa shape index (κ3) is 5.46. The first kappa shape index (κ1) is 21.1. The van der Waals surface area contributed by atoms with Crippen LogP contribution in [0, 0.1) is 0 Å². The maximum Gasteiger partial charge on any atom is 0.235 e. The van der Waals surface area contributed by atoms with Gasteiger partial charge in [-0.25, -0.2) is 4.98 Å². The number of carbonyl (C=O) groups excluding carboxylic acids is 1. The summed E-state index contributed by atoms with van der Waals surface area (Å²) in [5.41, 5.74) is 2.01. The van der Waals surface area contributed by atoms with Crippen molar-refractivity contribution in [2.24, 2.45) is 7.05 Å². The Morgan fingerprint density at radius 2 is 2.03 bits per heavy atom. The van der Waals surface area contributed by atoms with Crippen LogP contribution >= 0.6 is 15.9 Å². The van der Waals surface area contributed by atoms with Gasteiger partial charge in [0.15, 0.2) is 0 Å². The third-order valence-corrected chi connectivity index (χ3v) is 5.14. The summed E-state index contributed by atoms with van der Waals surface area (Å²) in [6.45, 7) is 0.845. The molecule has 29 heavy (non-hydrogen) atoms. The van der Waals surface area contributed by atoms with Gasteiger partial charge in [0, 0.05) is 36.0 Å². The Morgan fingerprint density at radius 1 is 1.28 bits per heavy atom. The van der Waals surface area contributed by atoms with Gasteiger partial charge in [0.05, 0.1) is 13.7 Å². The molecule has 0 bridgehead atoms. The molecule has 2 aromatic carbocycles. The number of amides is 1. The van der Waals surface area contributed by atoms with Crippen molar-refractivity contribution in [3.8, 4) is 5.75 Å². The van der Waals surface area contributed by atoms with Crippen molar-refractivity contribution in [2.75, 3.05) is 20.7 Å². The summed E-state index contributed by atoms with van der Waals surface area (Å²) < 4.78 is 8.33. The highest BCUT2D eigenvalue weighted by Crippen LogP contribution is 2.24. The standard InChI is InChI=1S/C22H25BrN4O2/c1-26(14-17-13-18(23)9-10-19(17)29-3)15-20(28)25-21(16-7-5-4-6-8-16)22-24-11-12-27(22)2/h4-13,21H,14-15H2,1-3H3,(H,25,28). The number of hydrogen-bond acceptors (Lipinski definition) is 4. The molecule has 0 spiro atoms. The Kier molecular flexibility index (Phi) is 7.06. The van der Waals surface area contributed by atoms with Gasteiger partial charge in [0.1, 0.15) is 17.6 Å². The highest BCUT2D eigenvalue weighted by molar-refractivity contribution is 9.10. The highest BCUT2D eigenvalue weighted by Gasteiger charge is 2.21. The van der Waals surface area contributed by atoms with Gasteiger partial charge in [-0.2, -0.15) is 0 Å². The zero-order valence-corrected chi connectivity index (χ0v) is 18.4. The number of aromatic nitrogens is 2. The molecule has 0 saturated heterocycles. The summed E-state index contributed by atoms with van der Waals surface area (Å²) in [5.74, 6) is 1.52. The maximum absolute atomic E-state index is 12.8. The van der Waals surface area contributed by atoms with E-state index in [-0.39, 0.29) is 18.5 Å². The van der Waals surface area contributed by atoms with Gasteiger partial charge in [0.25, 0.3) is 0 Å². The molecule has 0 aliphatic heterocycles. The van der Waals surface area contributed by atoms with E-state index in [1.807, 2.05) is 78.3 Å². The lowest BCUT2D eigenvalue weighted by atomic mass is 10.1. The molecule has 1 atom stereocenters. The number of ether oxygens (including phenoxy) is 1. The second kappa shape index (κ2) is 9.71. The van der Waals surface area contributed by atoms with Gasteiger partial charge >= 0.3 is 0 Å². The van der Waals surface area contributed by atoms with Crippen LogP contribution in [0.5, 0.6) is 5.75 Å². The van der Waals surface area contributed by atoms with Gasteiger partial charge in [-0.3, -0.25) is 9.69 Å². The fraction of sp³-hybridized carbons (Fsp3) is 0.273. The van der Waals surface area contributed by atoms with Crippen molar-refractivity contribution in [2.45, 2.75) is 12.6 Å². The molecule has 1 aromatic heterocycles. The highest BCUT2D eigenvalue weighted by atomic mass is 79.9. The number of nitrogens with zero attached hydrogens (tertiary/aromatic N) is 3. The summed E-state index contributed by atoms with van der Waals surface area (Å²) in [6, 6.07) is 15.4. The molecule has 1 heterocycles. The smallest absolute Gasteiger partial charge is 0.235 e. The second-order valence-electron chi connectivity index (χ2n) is 6.94. The Bertz CT molecular complexity index is 958. The lowest BCUT2D eigenvalue weighted by Gasteiger charge is -2.22. The van der Waals surface area contributed by atoms with Gasteiger partial charge in [-0.05, 0) is 30.8 Å². The van der Waals surface area contributed by atoms with E-state index in [0.29, 0.717) is 6.54 Å². The average molecular weight is 457 g/mol. The molecule has 0 aliphatic rings. The summed E-state index contributed by atoms with van der Waals surface area (Å²) in [4.78, 5) is 19.2. The van der Waals surface area contributed by atoms with E-state index in [4.69, 9.17) is 4.74 Å². The normalized spacial score (nSPS) is 12.0. The Balaban J connectivity index is 1.71. The predicted molar refractivity (Wildman–Crippen MR) is 117 cm³/mol. The number of benzene rings is 2. The minimum Gasteiger partial charge on any atom is -0.496 e. The van der Waals surface area contributed by atoms with Crippen molar-refractivity contribution >= 4 is 21.8 Å². The number of imidazole rings is 1. The van der Waals surface area contributed by atoms with Gasteiger partial charge < -0.3 is 14.6 Å². The first-order valence-corrected chi connectivity index (χ1v) is 10.1. The largest absolute Gasteiger partial charge is 0.496 e. The number of likely N-dealkylation sites (N-methyl/N-ethyl adjacent to an activating group) is 1. The fourth-order valence-electron chi connectivity index (χ4n) is 3.27. The number of nitrogens with one attached hydrogen (secondary N) is 1. The topological polar surface area (TPSA) is 59.4 Å². The van der Waals surface area contributed by atoms with E-state index in [9.17, 15) is 4.79 Å². The molecule has 7 heteroatoms. The lowest BCUT2D eigenvalue weighted by molar-refractivity contribution is -0.122. The van der Waals surface area contributed by atoms with E-state index in [1.165, 1.54) is 0 Å². The molecule has 6 nitrogen and oxygen atoms in total. The molecule has 0 saturated carbocycles. The van der Waals surface area contributed by atoms with E-state index < -0.39 is 0 Å². The zero-order valence-electron chi connectivity index (χ0n) is 16.8. The van der Waals surface area contributed by atoms with Crippen LogP contribution in [-0.4, -0.2) is 41.1 Å². The van der Waals surface area contributed by atoms with Crippen molar-refractivity contribution in [1.82, 2.24) is 19.8 Å². The summed E-state index contributed by atoms with van der Waals surface area (Å²) in [7, 11) is 5.49. The van der Waals surface area contributed by atoms with Crippen LogP contribution in [0.4, 0.5) is 0 Å². The number of halogens is 1. The van der Waals surface area contributed by atoms with E-state index in [1.54, 1.807) is 13.3 Å². The van der Waals surface area contributed by atoms with Crippen molar-refractivity contribution < 1.29 is 9.53 Å². The second-order valence-corrected chi connectivity index (χ2v) is 7.85. The average Bonchev–Trinajstić information content (AvgIpc) is 3.12. The first-order valence-electron chi connectivity index (χ1n) is 9.30. The fourth-order valence-corrected chi connectivity index (χ4v) is 3.68. The van der Waals surface area contributed by atoms with Gasteiger partial charge in [0.2, 0.25) is 5.91 Å². The monoisotopic (exact) mass is 456 g/mol. The number of aryl methyl sites for hydroxylation is 1. The van der Waals surface area contributed by atoms with Crippen LogP contribution in [0.15, 0.2) is 65.4 Å². The summed E-state index contributed by atoms with van der Waals surface area (Å²) in [6.07, 6.45) is 3.62. The molecule has 0 radical (unpaired) electrons. The molecule has 152 valence electrons. The van der Waals surface area contributed by atoms with Crippen LogP contribution < -0.4 is 10.1 Å². The first-order chi connectivity index (χ1) is 14.0. The molecule has 3 rings (SSSR count). The molecule has 0 fully saturated rings. The minimum atomic E-state index is -0.308. The van der Waals surface area contributed by atoms with Gasteiger partial charge in [-0.15, -0.1) is 0 Å². The SMILES string of the molecule is COc1ccc(Br)cc1CN(C)CC(=O)NC(c1ccccc1)c1nccn1C. The van der Waals surface area contributed by atoms with E-state index in [2.05, 4.69) is 26.2 Å². The molecule has 1 amide bonds. The third-order valence-electron chi connectivity index (χ3n) is 4.65. The van der Waals surface area contributed by atoms with E-state index >= 15 is 0 Å². The van der Waals surface area contributed by atoms with Crippen molar-refractivity contribution in [3.63, 3.8) is 0 Å². The minimum absolute atomic E-state index is 0.0710. The molecular weight excluding hydrogens is 432 g/mol. The maximum atomic E-state index is 12.8. The quantitative estimate of drug-likeness (QED) is 0.563. The lowest BCUT2D eigenvalue weighted by Crippen LogP contribution is -2.38. The molecule has 1 unspecified atom stereocenters. The van der Waals surface area contributed by atoms with Crippen LogP contribution in [0.2, 0.25) is 0 Å². The number of rotatable bonds is 8. The van der Waals surface area contributed by atoms with Crippen LogP contribution in [0.1, 0.15) is 23.0 Å². The number of hydrogen-bond donors (Lipinski definition) is 1. The molecule has 3 aromatic rings. The molecular formula is C22H25BrN4O2. The Labute approximate surface area is 179 Å². The predicted octanol–water partition coefficient (Wildman–Crippen LogP) is 3.53. The van der Waals surface area contributed by atoms with Crippen molar-refractivity contribution in [1.29, 1.82) is 0 Å². The number of carbonyl (C=O) groups is 1. The zero-order chi connectivity index (χ0) is 20.8.